The van der Waals surface area contributed by atoms with Crippen LogP contribution < -0.4 is 0 Å². The third-order valence-electron chi connectivity index (χ3n) is 2.36. The molecule has 1 aliphatic heterocycles. The summed E-state index contributed by atoms with van der Waals surface area (Å²) >= 11 is 6.70. The third kappa shape index (κ3) is 4.34. The largest absolute Gasteiger partial charge is 0.297 e. The summed E-state index contributed by atoms with van der Waals surface area (Å²) in [5, 5.41) is 0. The molecule has 0 bridgehead atoms. The molecule has 0 aliphatic carbocycles. The quantitative estimate of drug-likeness (QED) is 0.406. The molecule has 1 saturated heterocycles. The van der Waals surface area contributed by atoms with Gasteiger partial charge in [0.1, 0.15) is 4.32 Å². The molecular weight excluding hydrogens is 226 g/mol. The van der Waals surface area contributed by atoms with Gasteiger partial charge in [0.15, 0.2) is 0 Å². The summed E-state index contributed by atoms with van der Waals surface area (Å²) in [6, 6.07) is 0. The van der Waals surface area contributed by atoms with E-state index in [2.05, 4.69) is 6.58 Å². The van der Waals surface area contributed by atoms with E-state index in [0.29, 0.717) is 6.42 Å². The summed E-state index contributed by atoms with van der Waals surface area (Å²) in [4.78, 5) is 13.4. The van der Waals surface area contributed by atoms with Gasteiger partial charge in [-0.15, -0.1) is 6.58 Å². The summed E-state index contributed by atoms with van der Waals surface area (Å²) in [7, 11) is 0. The number of carbonyl (C=O) groups is 1. The predicted octanol–water partition coefficient (Wildman–Crippen LogP) is 2.98. The summed E-state index contributed by atoms with van der Waals surface area (Å²) in [5.41, 5.74) is 0. The van der Waals surface area contributed by atoms with Gasteiger partial charge >= 0.3 is 0 Å². The third-order valence-corrected chi connectivity index (χ3v) is 3.79. The number of carbonyl (C=O) groups excluding carboxylic acids is 1. The molecule has 0 N–H and O–H groups in total. The first kappa shape index (κ1) is 12.7. The molecule has 0 aromatic carbocycles. The van der Waals surface area contributed by atoms with Crippen molar-refractivity contribution in [3.63, 3.8) is 0 Å². The minimum Gasteiger partial charge on any atom is -0.297 e. The molecule has 2 nitrogen and oxygen atoms in total. The molecule has 0 atom stereocenters. The number of rotatable bonds is 6. The molecule has 0 radical (unpaired) electrons. The minimum atomic E-state index is 0.198. The van der Waals surface area contributed by atoms with Crippen molar-refractivity contribution in [3.05, 3.63) is 12.7 Å². The summed E-state index contributed by atoms with van der Waals surface area (Å²) in [6.07, 6.45) is 6.82. The van der Waals surface area contributed by atoms with Gasteiger partial charge in [-0.1, -0.05) is 36.5 Å². The smallest absolute Gasteiger partial charge is 0.228 e. The highest BCUT2D eigenvalue weighted by molar-refractivity contribution is 8.23. The Balaban J connectivity index is 2.13. The lowest BCUT2D eigenvalue weighted by Crippen LogP contribution is -2.30. The van der Waals surface area contributed by atoms with Crippen molar-refractivity contribution in [1.82, 2.24) is 4.90 Å². The van der Waals surface area contributed by atoms with E-state index in [0.717, 1.165) is 42.3 Å². The normalized spacial score (nSPS) is 15.7. The van der Waals surface area contributed by atoms with Crippen molar-refractivity contribution >= 4 is 34.2 Å². The van der Waals surface area contributed by atoms with Crippen molar-refractivity contribution < 1.29 is 4.79 Å². The monoisotopic (exact) mass is 243 g/mol. The predicted molar refractivity (Wildman–Crippen MR) is 70.1 cm³/mol. The van der Waals surface area contributed by atoms with Gasteiger partial charge in [-0.2, -0.15) is 0 Å². The van der Waals surface area contributed by atoms with Crippen molar-refractivity contribution in [2.75, 3.05) is 12.3 Å². The maximum absolute atomic E-state index is 11.7. The SMILES string of the molecule is C=CCCCCCC(=O)N1CCSC1=S. The van der Waals surface area contributed by atoms with E-state index in [1.54, 1.807) is 16.7 Å². The van der Waals surface area contributed by atoms with Crippen LogP contribution in [0.1, 0.15) is 32.1 Å². The fourth-order valence-electron chi connectivity index (χ4n) is 1.50. The van der Waals surface area contributed by atoms with E-state index in [1.165, 1.54) is 0 Å². The molecule has 1 amide bonds. The molecule has 84 valence electrons. The molecule has 1 heterocycles. The summed E-state index contributed by atoms with van der Waals surface area (Å²) in [5.74, 6) is 1.16. The van der Waals surface area contributed by atoms with Gasteiger partial charge in [0.05, 0.1) is 0 Å². The molecule has 0 spiro atoms. The second-order valence-corrected chi connectivity index (χ2v) is 5.28. The Kier molecular flexibility index (Phi) is 5.95. The number of unbranched alkanes of at least 4 members (excludes halogenated alkanes) is 3. The Morgan fingerprint density at radius 1 is 1.53 bits per heavy atom. The maximum atomic E-state index is 11.7. The summed E-state index contributed by atoms with van der Waals surface area (Å²) < 4.78 is 0.756. The van der Waals surface area contributed by atoms with E-state index in [4.69, 9.17) is 12.2 Å². The Bertz CT molecular complexity index is 253. The zero-order valence-corrected chi connectivity index (χ0v) is 10.5. The lowest BCUT2D eigenvalue weighted by atomic mass is 10.1. The number of nitrogens with zero attached hydrogens (tertiary/aromatic N) is 1. The van der Waals surface area contributed by atoms with Crippen molar-refractivity contribution in [2.24, 2.45) is 0 Å². The standard InChI is InChI=1S/C11H17NOS2/c1-2-3-4-5-6-7-10(13)12-8-9-15-11(12)14/h2H,1,3-9H2. The van der Waals surface area contributed by atoms with E-state index >= 15 is 0 Å². The molecular formula is C11H17NOS2. The van der Waals surface area contributed by atoms with E-state index < -0.39 is 0 Å². The highest BCUT2D eigenvalue weighted by Crippen LogP contribution is 2.19. The highest BCUT2D eigenvalue weighted by Gasteiger charge is 2.22. The average molecular weight is 243 g/mol. The highest BCUT2D eigenvalue weighted by atomic mass is 32.2. The lowest BCUT2D eigenvalue weighted by Gasteiger charge is -2.14. The molecule has 0 aromatic rings. The van der Waals surface area contributed by atoms with E-state index in [1.807, 2.05) is 6.08 Å². The van der Waals surface area contributed by atoms with Gasteiger partial charge in [0.25, 0.3) is 0 Å². The first-order chi connectivity index (χ1) is 7.25. The molecule has 0 aromatic heterocycles. The van der Waals surface area contributed by atoms with Gasteiger partial charge in [0, 0.05) is 18.7 Å². The fraction of sp³-hybridized carbons (Fsp3) is 0.636. The van der Waals surface area contributed by atoms with Gasteiger partial charge in [-0.25, -0.2) is 0 Å². The van der Waals surface area contributed by atoms with Crippen LogP contribution in [-0.4, -0.2) is 27.4 Å². The zero-order valence-electron chi connectivity index (χ0n) is 8.91. The van der Waals surface area contributed by atoms with Crippen LogP contribution in [0.3, 0.4) is 0 Å². The number of thioether (sulfide) groups is 1. The Hall–Kier alpha value is -0.350. The van der Waals surface area contributed by atoms with Crippen LogP contribution in [-0.2, 0) is 4.79 Å². The zero-order chi connectivity index (χ0) is 11.1. The number of hydrogen-bond acceptors (Lipinski definition) is 3. The van der Waals surface area contributed by atoms with Crippen LogP contribution in [0.5, 0.6) is 0 Å². The molecule has 1 fully saturated rings. The molecule has 15 heavy (non-hydrogen) atoms. The van der Waals surface area contributed by atoms with E-state index in [9.17, 15) is 4.79 Å². The fourth-order valence-corrected chi connectivity index (χ4v) is 2.74. The minimum absolute atomic E-state index is 0.198. The number of thiocarbonyl (C=S) groups is 1. The Morgan fingerprint density at radius 3 is 2.93 bits per heavy atom. The van der Waals surface area contributed by atoms with Crippen LogP contribution in [0.25, 0.3) is 0 Å². The molecule has 4 heteroatoms. The second-order valence-electron chi connectivity index (χ2n) is 3.55. The molecule has 0 saturated carbocycles. The maximum Gasteiger partial charge on any atom is 0.228 e. The van der Waals surface area contributed by atoms with Crippen molar-refractivity contribution in [3.8, 4) is 0 Å². The van der Waals surface area contributed by atoms with Gasteiger partial charge in [0.2, 0.25) is 5.91 Å². The number of hydrogen-bond donors (Lipinski definition) is 0. The van der Waals surface area contributed by atoms with Crippen LogP contribution in [0.4, 0.5) is 0 Å². The van der Waals surface area contributed by atoms with Gasteiger partial charge < -0.3 is 0 Å². The first-order valence-corrected chi connectivity index (χ1v) is 6.73. The Morgan fingerprint density at radius 2 is 2.33 bits per heavy atom. The topological polar surface area (TPSA) is 20.3 Å². The van der Waals surface area contributed by atoms with Crippen molar-refractivity contribution in [1.29, 1.82) is 0 Å². The van der Waals surface area contributed by atoms with Crippen molar-refractivity contribution in [2.45, 2.75) is 32.1 Å². The molecule has 1 aliphatic rings. The van der Waals surface area contributed by atoms with Crippen LogP contribution in [0.2, 0.25) is 0 Å². The Labute approximate surface area is 101 Å². The van der Waals surface area contributed by atoms with Gasteiger partial charge in [-0.05, 0) is 19.3 Å². The average Bonchev–Trinajstić information content (AvgIpc) is 2.64. The number of allylic oxidation sites excluding steroid dienone is 1. The second kappa shape index (κ2) is 7.01. The van der Waals surface area contributed by atoms with Gasteiger partial charge in [-0.3, -0.25) is 9.69 Å². The first-order valence-electron chi connectivity index (χ1n) is 5.33. The van der Waals surface area contributed by atoms with Crippen LogP contribution in [0.15, 0.2) is 12.7 Å². The van der Waals surface area contributed by atoms with Crippen LogP contribution in [0, 0.1) is 0 Å². The summed E-state index contributed by atoms with van der Waals surface area (Å²) in [6.45, 7) is 4.47. The van der Waals surface area contributed by atoms with Crippen LogP contribution >= 0.6 is 24.0 Å². The number of amides is 1. The van der Waals surface area contributed by atoms with E-state index in [-0.39, 0.29) is 5.91 Å². The molecule has 1 rings (SSSR count). The lowest BCUT2D eigenvalue weighted by molar-refractivity contribution is -0.126. The molecule has 0 unspecified atom stereocenters.